The predicted molar refractivity (Wildman–Crippen MR) is 78.4 cm³/mol. The lowest BCUT2D eigenvalue weighted by molar-refractivity contribution is 0.456. The highest BCUT2D eigenvalue weighted by Gasteiger charge is 2.17. The Hall–Kier alpha value is -1.46. The van der Waals surface area contributed by atoms with E-state index in [1.54, 1.807) is 17.4 Å². The van der Waals surface area contributed by atoms with Gasteiger partial charge in [-0.05, 0) is 30.4 Å². The average Bonchev–Trinajstić information content (AvgIpc) is 2.85. The fraction of sp³-hybridized carbons (Fsp3) is 0.429. The molecule has 1 unspecified atom stereocenters. The van der Waals surface area contributed by atoms with Gasteiger partial charge < -0.3 is 5.73 Å². The zero-order chi connectivity index (χ0) is 14.0. The van der Waals surface area contributed by atoms with Gasteiger partial charge in [-0.1, -0.05) is 19.9 Å². The molecule has 2 heterocycles. The zero-order valence-corrected chi connectivity index (χ0v) is 12.3. The molecule has 2 aromatic heterocycles. The third-order valence-corrected chi connectivity index (χ3v) is 3.80. The van der Waals surface area contributed by atoms with E-state index in [0.717, 1.165) is 10.6 Å². The molecule has 0 saturated heterocycles. The summed E-state index contributed by atoms with van der Waals surface area (Å²) in [5.41, 5.74) is 7.56. The van der Waals surface area contributed by atoms with Crippen molar-refractivity contribution in [2.45, 2.75) is 33.4 Å². The van der Waals surface area contributed by atoms with Gasteiger partial charge >= 0.3 is 0 Å². The highest BCUT2D eigenvalue weighted by molar-refractivity contribution is 7.10. The number of nitrogens with zero attached hydrogens (tertiary/aromatic N) is 2. The second-order valence-electron chi connectivity index (χ2n) is 5.12. The van der Waals surface area contributed by atoms with Crippen LogP contribution in [0.5, 0.6) is 0 Å². The van der Waals surface area contributed by atoms with Crippen molar-refractivity contribution in [2.24, 2.45) is 11.7 Å². The topological polar surface area (TPSA) is 60.9 Å². The third-order valence-electron chi connectivity index (χ3n) is 2.85. The Morgan fingerprint density at radius 3 is 2.79 bits per heavy atom. The van der Waals surface area contributed by atoms with Crippen LogP contribution in [0.3, 0.4) is 0 Å². The maximum Gasteiger partial charge on any atom is 0.271 e. The normalized spacial score (nSPS) is 12.9. The van der Waals surface area contributed by atoms with Crippen LogP contribution in [0.25, 0.3) is 0 Å². The van der Waals surface area contributed by atoms with Crippen molar-refractivity contribution in [3.63, 3.8) is 0 Å². The van der Waals surface area contributed by atoms with E-state index >= 15 is 0 Å². The molecule has 0 aliphatic heterocycles. The van der Waals surface area contributed by atoms with Gasteiger partial charge in [0.2, 0.25) is 0 Å². The van der Waals surface area contributed by atoms with Crippen LogP contribution in [0.1, 0.15) is 36.0 Å². The van der Waals surface area contributed by atoms with Gasteiger partial charge in [0.05, 0.1) is 11.7 Å². The summed E-state index contributed by atoms with van der Waals surface area (Å²) < 4.78 is 1.53. The van der Waals surface area contributed by atoms with Gasteiger partial charge in [-0.3, -0.25) is 4.79 Å². The van der Waals surface area contributed by atoms with Gasteiger partial charge in [-0.25, -0.2) is 4.68 Å². The van der Waals surface area contributed by atoms with Crippen molar-refractivity contribution in [1.29, 1.82) is 0 Å². The molecule has 0 radical (unpaired) electrons. The fourth-order valence-corrected chi connectivity index (χ4v) is 2.76. The molecule has 5 heteroatoms. The summed E-state index contributed by atoms with van der Waals surface area (Å²) in [5.74, 6) is 0.373. The van der Waals surface area contributed by atoms with Crippen molar-refractivity contribution in [2.75, 3.05) is 0 Å². The summed E-state index contributed by atoms with van der Waals surface area (Å²) in [7, 11) is 0. The highest BCUT2D eigenvalue weighted by atomic mass is 32.1. The van der Waals surface area contributed by atoms with E-state index in [0.29, 0.717) is 18.0 Å². The Kier molecular flexibility index (Phi) is 4.17. The molecule has 19 heavy (non-hydrogen) atoms. The Bertz CT molecular complexity index is 602. The molecule has 0 saturated carbocycles. The fourth-order valence-electron chi connectivity index (χ4n) is 2.01. The van der Waals surface area contributed by atoms with Crippen LogP contribution in [-0.4, -0.2) is 9.78 Å². The second kappa shape index (κ2) is 5.67. The zero-order valence-electron chi connectivity index (χ0n) is 11.5. The van der Waals surface area contributed by atoms with Crippen molar-refractivity contribution in [3.05, 3.63) is 50.1 Å². The average molecular weight is 277 g/mol. The van der Waals surface area contributed by atoms with Crippen LogP contribution in [0.15, 0.2) is 28.4 Å². The molecule has 0 aliphatic rings. The monoisotopic (exact) mass is 277 g/mol. The summed E-state index contributed by atoms with van der Waals surface area (Å²) in [6, 6.07) is 5.33. The second-order valence-corrected chi connectivity index (χ2v) is 6.09. The standard InChI is InChI=1S/C14H19N3OS/c1-9(2)8-17-14(18)11(7-10(3)16-17)13(15)12-5-4-6-19-12/h4-7,9,13H,8,15H2,1-3H3. The lowest BCUT2D eigenvalue weighted by Crippen LogP contribution is -2.32. The molecule has 0 amide bonds. The molecule has 2 aromatic rings. The molecule has 0 aliphatic carbocycles. The Labute approximate surface area is 116 Å². The molecule has 2 rings (SSSR count). The highest BCUT2D eigenvalue weighted by Crippen LogP contribution is 2.21. The van der Waals surface area contributed by atoms with Crippen LogP contribution in [0.2, 0.25) is 0 Å². The minimum atomic E-state index is -0.368. The van der Waals surface area contributed by atoms with E-state index in [2.05, 4.69) is 18.9 Å². The number of hydrogen-bond donors (Lipinski definition) is 1. The van der Waals surface area contributed by atoms with Gasteiger partial charge in [0.1, 0.15) is 0 Å². The van der Waals surface area contributed by atoms with E-state index in [1.165, 1.54) is 4.68 Å². The molecular formula is C14H19N3OS. The number of rotatable bonds is 4. The maximum absolute atomic E-state index is 12.4. The van der Waals surface area contributed by atoms with Crippen molar-refractivity contribution >= 4 is 11.3 Å². The Morgan fingerprint density at radius 2 is 2.21 bits per heavy atom. The SMILES string of the molecule is Cc1cc(C(N)c2cccs2)c(=O)n(CC(C)C)n1. The minimum absolute atomic E-state index is 0.0831. The first-order valence-electron chi connectivity index (χ1n) is 6.36. The molecule has 102 valence electrons. The Morgan fingerprint density at radius 1 is 1.47 bits per heavy atom. The summed E-state index contributed by atoms with van der Waals surface area (Å²) in [4.78, 5) is 13.4. The van der Waals surface area contributed by atoms with Crippen LogP contribution in [0, 0.1) is 12.8 Å². The molecule has 2 N–H and O–H groups in total. The lowest BCUT2D eigenvalue weighted by Gasteiger charge is -2.14. The molecule has 0 fully saturated rings. The number of hydrogen-bond acceptors (Lipinski definition) is 4. The third kappa shape index (κ3) is 3.11. The first-order valence-corrected chi connectivity index (χ1v) is 7.24. The number of aromatic nitrogens is 2. The van der Waals surface area contributed by atoms with E-state index in [4.69, 9.17) is 5.73 Å². The van der Waals surface area contributed by atoms with E-state index in [-0.39, 0.29) is 11.6 Å². The predicted octanol–water partition coefficient (Wildman–Crippen LogP) is 2.32. The lowest BCUT2D eigenvalue weighted by atomic mass is 10.1. The first kappa shape index (κ1) is 14.0. The molecule has 0 bridgehead atoms. The van der Waals surface area contributed by atoms with Gasteiger partial charge in [0.15, 0.2) is 0 Å². The molecule has 4 nitrogen and oxygen atoms in total. The van der Waals surface area contributed by atoms with E-state index in [9.17, 15) is 4.79 Å². The molecule has 0 spiro atoms. The van der Waals surface area contributed by atoms with Crippen LogP contribution < -0.4 is 11.3 Å². The quantitative estimate of drug-likeness (QED) is 0.933. The smallest absolute Gasteiger partial charge is 0.271 e. The largest absolute Gasteiger partial charge is 0.319 e. The number of nitrogens with two attached hydrogens (primary N) is 1. The van der Waals surface area contributed by atoms with Crippen LogP contribution in [-0.2, 0) is 6.54 Å². The molecular weight excluding hydrogens is 258 g/mol. The van der Waals surface area contributed by atoms with Gasteiger partial charge in [0, 0.05) is 17.0 Å². The molecule has 1 atom stereocenters. The van der Waals surface area contributed by atoms with Gasteiger partial charge in [-0.2, -0.15) is 5.10 Å². The van der Waals surface area contributed by atoms with Crippen molar-refractivity contribution < 1.29 is 0 Å². The number of thiophene rings is 1. The summed E-state index contributed by atoms with van der Waals surface area (Å²) >= 11 is 1.57. The van der Waals surface area contributed by atoms with E-state index in [1.807, 2.05) is 24.4 Å². The maximum atomic E-state index is 12.4. The van der Waals surface area contributed by atoms with Crippen molar-refractivity contribution in [1.82, 2.24) is 9.78 Å². The van der Waals surface area contributed by atoms with Crippen molar-refractivity contribution in [3.8, 4) is 0 Å². The molecule has 0 aromatic carbocycles. The minimum Gasteiger partial charge on any atom is -0.319 e. The van der Waals surface area contributed by atoms with E-state index < -0.39 is 0 Å². The van der Waals surface area contributed by atoms with Gasteiger partial charge in [-0.15, -0.1) is 11.3 Å². The summed E-state index contributed by atoms with van der Waals surface area (Å²) in [6.45, 7) is 6.64. The Balaban J connectivity index is 2.46. The summed E-state index contributed by atoms with van der Waals surface area (Å²) in [6.07, 6.45) is 0. The first-order chi connectivity index (χ1) is 8.99. The summed E-state index contributed by atoms with van der Waals surface area (Å²) in [5, 5.41) is 6.26. The van der Waals surface area contributed by atoms with Crippen LogP contribution in [0.4, 0.5) is 0 Å². The number of aryl methyl sites for hydroxylation is 1. The van der Waals surface area contributed by atoms with Gasteiger partial charge in [0.25, 0.3) is 5.56 Å². The van der Waals surface area contributed by atoms with Crippen LogP contribution >= 0.6 is 11.3 Å².